The summed E-state index contributed by atoms with van der Waals surface area (Å²) in [6.07, 6.45) is 0. The van der Waals surface area contributed by atoms with Crippen molar-refractivity contribution in [2.75, 3.05) is 7.11 Å². The predicted molar refractivity (Wildman–Crippen MR) is 96.1 cm³/mol. The number of carboxylic acids is 1. The Morgan fingerprint density at radius 2 is 1.42 bits per heavy atom. The van der Waals surface area contributed by atoms with Crippen LogP contribution < -0.4 is 14.2 Å². The van der Waals surface area contributed by atoms with Crippen LogP contribution in [0.2, 0.25) is 0 Å². The van der Waals surface area contributed by atoms with E-state index in [1.54, 1.807) is 45.2 Å². The fourth-order valence-electron chi connectivity index (χ4n) is 2.17. The lowest BCUT2D eigenvalue weighted by molar-refractivity contribution is -0.140. The highest BCUT2D eigenvalue weighted by Crippen LogP contribution is 2.25. The van der Waals surface area contributed by atoms with Crippen LogP contribution in [0.3, 0.4) is 0 Å². The molecule has 0 aliphatic carbocycles. The highest BCUT2D eigenvalue weighted by molar-refractivity contribution is 7.89. The normalized spacial score (nSPS) is 12.6. The van der Waals surface area contributed by atoms with E-state index in [2.05, 4.69) is 4.72 Å². The van der Waals surface area contributed by atoms with Crippen LogP contribution in [0.5, 0.6) is 17.2 Å². The van der Waals surface area contributed by atoms with Crippen LogP contribution in [-0.4, -0.2) is 32.6 Å². The number of rotatable bonds is 8. The third-order valence-corrected chi connectivity index (χ3v) is 5.10. The van der Waals surface area contributed by atoms with Crippen LogP contribution in [0.15, 0.2) is 53.4 Å². The Labute approximate surface area is 152 Å². The zero-order valence-corrected chi connectivity index (χ0v) is 15.5. The van der Waals surface area contributed by atoms with Gasteiger partial charge in [-0.25, -0.2) is 8.42 Å². The molecule has 0 aromatic heterocycles. The molecule has 1 unspecified atom stereocenters. The zero-order valence-electron chi connectivity index (χ0n) is 14.7. The second-order valence-electron chi connectivity index (χ2n) is 5.93. The van der Waals surface area contributed by atoms with Gasteiger partial charge < -0.3 is 14.6 Å². The minimum Gasteiger partial charge on any atom is -0.497 e. The van der Waals surface area contributed by atoms with Gasteiger partial charge in [-0.15, -0.1) is 0 Å². The van der Waals surface area contributed by atoms with Gasteiger partial charge in [-0.05, 0) is 54.4 Å². The zero-order chi connectivity index (χ0) is 19.3. The van der Waals surface area contributed by atoms with E-state index in [9.17, 15) is 13.2 Å². The summed E-state index contributed by atoms with van der Waals surface area (Å²) in [5, 5.41) is 9.14. The van der Waals surface area contributed by atoms with Crippen molar-refractivity contribution >= 4 is 16.0 Å². The molecule has 2 rings (SSSR count). The molecule has 0 heterocycles. The fraction of sp³-hybridized carbons (Fsp3) is 0.278. The maximum Gasteiger partial charge on any atom is 0.322 e. The number of sulfonamides is 1. The molecule has 0 amide bonds. The third-order valence-electron chi connectivity index (χ3n) is 3.64. The van der Waals surface area contributed by atoms with Gasteiger partial charge in [-0.2, -0.15) is 4.72 Å². The topological polar surface area (TPSA) is 102 Å². The van der Waals surface area contributed by atoms with Crippen molar-refractivity contribution in [2.24, 2.45) is 5.92 Å². The van der Waals surface area contributed by atoms with E-state index in [0.29, 0.717) is 17.2 Å². The molecule has 0 saturated carbocycles. The van der Waals surface area contributed by atoms with Crippen molar-refractivity contribution in [2.45, 2.75) is 24.8 Å². The van der Waals surface area contributed by atoms with Crippen molar-refractivity contribution in [3.05, 3.63) is 48.5 Å². The molecule has 0 saturated heterocycles. The molecule has 26 heavy (non-hydrogen) atoms. The number of benzene rings is 2. The van der Waals surface area contributed by atoms with Crippen LogP contribution in [0.1, 0.15) is 13.8 Å². The van der Waals surface area contributed by atoms with E-state index >= 15 is 0 Å². The first-order valence-electron chi connectivity index (χ1n) is 7.90. The number of carbonyl (C=O) groups is 1. The van der Waals surface area contributed by atoms with Crippen LogP contribution in [-0.2, 0) is 14.8 Å². The maximum atomic E-state index is 12.4. The molecule has 0 spiro atoms. The smallest absolute Gasteiger partial charge is 0.322 e. The average molecular weight is 379 g/mol. The molecule has 0 radical (unpaired) electrons. The Morgan fingerprint density at radius 3 is 1.85 bits per heavy atom. The van der Waals surface area contributed by atoms with Crippen LogP contribution in [0.4, 0.5) is 0 Å². The van der Waals surface area contributed by atoms with Crippen molar-refractivity contribution in [1.29, 1.82) is 0 Å². The lowest BCUT2D eigenvalue weighted by atomic mass is 10.1. The number of hydrogen-bond acceptors (Lipinski definition) is 5. The molecule has 140 valence electrons. The molecule has 0 fully saturated rings. The van der Waals surface area contributed by atoms with Gasteiger partial charge in [0.2, 0.25) is 10.0 Å². The number of carboxylic acid groups (broad SMARTS) is 1. The van der Waals surface area contributed by atoms with Crippen molar-refractivity contribution in [1.82, 2.24) is 4.72 Å². The van der Waals surface area contributed by atoms with Gasteiger partial charge in [0.05, 0.1) is 12.0 Å². The monoisotopic (exact) mass is 379 g/mol. The Kier molecular flexibility index (Phi) is 6.23. The summed E-state index contributed by atoms with van der Waals surface area (Å²) in [5.74, 6) is 0.115. The van der Waals surface area contributed by atoms with E-state index in [1.807, 2.05) is 0 Å². The molecule has 0 aliphatic rings. The summed E-state index contributed by atoms with van der Waals surface area (Å²) in [6.45, 7) is 3.26. The number of aliphatic carboxylic acids is 1. The molecular weight excluding hydrogens is 358 g/mol. The number of ether oxygens (including phenoxy) is 2. The van der Waals surface area contributed by atoms with Gasteiger partial charge in [-0.1, -0.05) is 13.8 Å². The molecule has 1 atom stereocenters. The summed E-state index contributed by atoms with van der Waals surface area (Å²) < 4.78 is 37.6. The van der Waals surface area contributed by atoms with E-state index in [4.69, 9.17) is 14.6 Å². The first-order valence-corrected chi connectivity index (χ1v) is 9.38. The number of methoxy groups -OCH3 is 1. The molecule has 2 N–H and O–H groups in total. The third kappa shape index (κ3) is 4.96. The van der Waals surface area contributed by atoms with E-state index in [1.165, 1.54) is 24.3 Å². The van der Waals surface area contributed by atoms with Gasteiger partial charge in [0.25, 0.3) is 0 Å². The molecule has 2 aromatic carbocycles. The van der Waals surface area contributed by atoms with Crippen molar-refractivity contribution in [3.8, 4) is 17.2 Å². The van der Waals surface area contributed by atoms with Crippen molar-refractivity contribution in [3.63, 3.8) is 0 Å². The first-order chi connectivity index (χ1) is 12.2. The Balaban J connectivity index is 2.13. The Hall–Kier alpha value is -2.58. The van der Waals surface area contributed by atoms with Gasteiger partial charge in [0.1, 0.15) is 23.3 Å². The average Bonchev–Trinajstić information content (AvgIpc) is 2.60. The predicted octanol–water partition coefficient (Wildman–Crippen LogP) is 2.88. The Bertz CT molecular complexity index is 844. The molecule has 0 bridgehead atoms. The minimum atomic E-state index is -3.95. The molecule has 7 nitrogen and oxygen atoms in total. The van der Waals surface area contributed by atoms with Crippen LogP contribution in [0, 0.1) is 5.92 Å². The number of nitrogens with one attached hydrogen (secondary N) is 1. The first kappa shape index (κ1) is 19.7. The number of hydrogen-bond donors (Lipinski definition) is 2. The molecule has 8 heteroatoms. The summed E-state index contributed by atoms with van der Waals surface area (Å²) >= 11 is 0. The van der Waals surface area contributed by atoms with Crippen LogP contribution in [0.25, 0.3) is 0 Å². The lowest BCUT2D eigenvalue weighted by Gasteiger charge is -2.18. The van der Waals surface area contributed by atoms with E-state index in [0.717, 1.165) is 0 Å². The van der Waals surface area contributed by atoms with Gasteiger partial charge in [-0.3, -0.25) is 4.79 Å². The Morgan fingerprint density at radius 1 is 0.962 bits per heavy atom. The van der Waals surface area contributed by atoms with E-state index in [-0.39, 0.29) is 10.8 Å². The minimum absolute atomic E-state index is 0.0357. The highest BCUT2D eigenvalue weighted by atomic mass is 32.2. The lowest BCUT2D eigenvalue weighted by Crippen LogP contribution is -2.44. The van der Waals surface area contributed by atoms with Gasteiger partial charge in [0.15, 0.2) is 0 Å². The fourth-order valence-corrected chi connectivity index (χ4v) is 3.51. The van der Waals surface area contributed by atoms with Crippen molar-refractivity contribution < 1.29 is 27.8 Å². The quantitative estimate of drug-likeness (QED) is 0.731. The standard InChI is InChI=1S/C18H21NO6S/c1-12(2)17(18(20)21)19-26(22,23)16-10-8-15(9-11-16)25-14-6-4-13(24-3)5-7-14/h4-12,17,19H,1-3H3,(H,20,21). The van der Waals surface area contributed by atoms with Crippen LogP contribution >= 0.6 is 0 Å². The second kappa shape index (κ2) is 8.20. The molecule has 2 aromatic rings. The van der Waals surface area contributed by atoms with E-state index < -0.39 is 22.0 Å². The second-order valence-corrected chi connectivity index (χ2v) is 7.64. The SMILES string of the molecule is COc1ccc(Oc2ccc(S(=O)(=O)NC(C(=O)O)C(C)C)cc2)cc1. The summed E-state index contributed by atoms with van der Waals surface area (Å²) in [5.41, 5.74) is 0. The largest absolute Gasteiger partial charge is 0.497 e. The molecular formula is C18H21NO6S. The summed E-state index contributed by atoms with van der Waals surface area (Å²) in [4.78, 5) is 11.2. The maximum absolute atomic E-state index is 12.4. The summed E-state index contributed by atoms with van der Waals surface area (Å²) in [7, 11) is -2.38. The summed E-state index contributed by atoms with van der Waals surface area (Å²) in [6, 6.07) is 11.5. The molecule has 0 aliphatic heterocycles. The highest BCUT2D eigenvalue weighted by Gasteiger charge is 2.27. The van der Waals surface area contributed by atoms with Gasteiger partial charge >= 0.3 is 5.97 Å². The van der Waals surface area contributed by atoms with Gasteiger partial charge in [0, 0.05) is 0 Å².